The minimum atomic E-state index is -1.06. The van der Waals surface area contributed by atoms with Crippen molar-refractivity contribution in [1.82, 2.24) is 9.78 Å². The van der Waals surface area contributed by atoms with Crippen molar-refractivity contribution >= 4 is 31.1 Å². The molecule has 1 heterocycles. The third kappa shape index (κ3) is 4.90. The number of fused-ring (bicyclic) bond motifs is 1. The van der Waals surface area contributed by atoms with Gasteiger partial charge in [-0.3, -0.25) is 0 Å². The molecule has 0 aliphatic rings. The predicted octanol–water partition coefficient (Wildman–Crippen LogP) is 5.52. The first-order valence-electron chi connectivity index (χ1n) is 8.79. The van der Waals surface area contributed by atoms with Gasteiger partial charge in [0, 0.05) is 20.1 Å². The summed E-state index contributed by atoms with van der Waals surface area (Å²) in [6, 6.07) is 19.8. The number of rotatable bonds is 7. The molecular formula is C21H26N2OSi. The number of hydrogen-bond acceptors (Lipinski definition) is 2. The van der Waals surface area contributed by atoms with E-state index >= 15 is 0 Å². The molecule has 0 N–H and O–H groups in total. The average Bonchev–Trinajstić information content (AvgIpc) is 2.95. The standard InChI is InChI=1S/C21H26N2OSi/c1-25(2,3)16-15-24-17-23-21-12-8-7-11-19(21)20(22-23)14-13-18-9-5-4-6-10-18/h4-14H,15-17H2,1-3H3. The van der Waals surface area contributed by atoms with Crippen LogP contribution in [0.4, 0.5) is 0 Å². The van der Waals surface area contributed by atoms with E-state index in [1.807, 2.05) is 28.9 Å². The number of aromatic nitrogens is 2. The number of para-hydroxylation sites is 1. The number of ether oxygens (including phenoxy) is 1. The van der Waals surface area contributed by atoms with Gasteiger partial charge in [0.15, 0.2) is 0 Å². The Bertz CT molecular complexity index is 847. The molecular weight excluding hydrogens is 324 g/mol. The highest BCUT2D eigenvalue weighted by Crippen LogP contribution is 2.21. The van der Waals surface area contributed by atoms with Crippen LogP contribution in [-0.2, 0) is 11.5 Å². The Morgan fingerprint density at radius 3 is 2.44 bits per heavy atom. The maximum absolute atomic E-state index is 5.89. The van der Waals surface area contributed by atoms with Crippen LogP contribution in [0.1, 0.15) is 11.3 Å². The van der Waals surface area contributed by atoms with Crippen molar-refractivity contribution in [2.45, 2.75) is 32.4 Å². The summed E-state index contributed by atoms with van der Waals surface area (Å²) in [7, 11) is -1.06. The van der Waals surface area contributed by atoms with Gasteiger partial charge in [0.25, 0.3) is 0 Å². The Morgan fingerprint density at radius 2 is 1.68 bits per heavy atom. The maximum atomic E-state index is 5.89. The van der Waals surface area contributed by atoms with E-state index in [0.717, 1.165) is 23.2 Å². The fourth-order valence-electron chi connectivity index (χ4n) is 2.64. The van der Waals surface area contributed by atoms with Crippen LogP contribution in [0.3, 0.4) is 0 Å². The van der Waals surface area contributed by atoms with E-state index in [1.165, 1.54) is 11.6 Å². The molecule has 25 heavy (non-hydrogen) atoms. The molecule has 0 atom stereocenters. The molecule has 0 fully saturated rings. The summed E-state index contributed by atoms with van der Waals surface area (Å²) in [5, 5.41) is 5.91. The second-order valence-electron chi connectivity index (χ2n) is 7.49. The molecule has 2 aromatic carbocycles. The van der Waals surface area contributed by atoms with Crippen molar-refractivity contribution in [1.29, 1.82) is 0 Å². The lowest BCUT2D eigenvalue weighted by molar-refractivity contribution is 0.0816. The highest BCUT2D eigenvalue weighted by atomic mass is 28.3. The Hall–Kier alpha value is -2.17. The molecule has 3 aromatic rings. The quantitative estimate of drug-likeness (QED) is 0.414. The first-order chi connectivity index (χ1) is 12.0. The van der Waals surface area contributed by atoms with Crippen LogP contribution >= 0.6 is 0 Å². The zero-order chi connectivity index (χ0) is 17.7. The van der Waals surface area contributed by atoms with Crippen molar-refractivity contribution in [3.8, 4) is 0 Å². The van der Waals surface area contributed by atoms with Crippen molar-refractivity contribution in [2.75, 3.05) is 6.61 Å². The molecule has 0 amide bonds. The van der Waals surface area contributed by atoms with E-state index in [4.69, 9.17) is 9.84 Å². The van der Waals surface area contributed by atoms with Crippen molar-refractivity contribution < 1.29 is 4.74 Å². The molecule has 0 bridgehead atoms. The van der Waals surface area contributed by atoms with Crippen LogP contribution in [0.15, 0.2) is 54.6 Å². The van der Waals surface area contributed by atoms with Gasteiger partial charge in [-0.15, -0.1) is 0 Å². The van der Waals surface area contributed by atoms with Crippen LogP contribution in [0, 0.1) is 0 Å². The van der Waals surface area contributed by atoms with Crippen molar-refractivity contribution in [3.05, 3.63) is 65.9 Å². The fourth-order valence-corrected chi connectivity index (χ4v) is 3.40. The van der Waals surface area contributed by atoms with Crippen LogP contribution < -0.4 is 0 Å². The largest absolute Gasteiger partial charge is 0.360 e. The zero-order valence-electron chi connectivity index (χ0n) is 15.3. The van der Waals surface area contributed by atoms with E-state index in [-0.39, 0.29) is 0 Å². The van der Waals surface area contributed by atoms with E-state index in [1.54, 1.807) is 0 Å². The molecule has 0 saturated heterocycles. The molecule has 3 rings (SSSR count). The molecule has 0 spiro atoms. The van der Waals surface area contributed by atoms with Crippen molar-refractivity contribution in [3.63, 3.8) is 0 Å². The normalized spacial score (nSPS) is 12.3. The summed E-state index contributed by atoms with van der Waals surface area (Å²) < 4.78 is 7.85. The minimum Gasteiger partial charge on any atom is -0.360 e. The highest BCUT2D eigenvalue weighted by molar-refractivity contribution is 6.76. The zero-order valence-corrected chi connectivity index (χ0v) is 16.3. The van der Waals surface area contributed by atoms with Crippen LogP contribution in [0.5, 0.6) is 0 Å². The molecule has 4 heteroatoms. The Morgan fingerprint density at radius 1 is 0.960 bits per heavy atom. The Balaban J connectivity index is 1.77. The summed E-state index contributed by atoms with van der Waals surface area (Å²) in [6.07, 6.45) is 4.18. The van der Waals surface area contributed by atoms with Gasteiger partial charge in [-0.25, -0.2) is 4.68 Å². The van der Waals surface area contributed by atoms with Gasteiger partial charge < -0.3 is 4.74 Å². The molecule has 0 aliphatic carbocycles. The lowest BCUT2D eigenvalue weighted by atomic mass is 10.1. The van der Waals surface area contributed by atoms with Gasteiger partial charge in [-0.1, -0.05) is 74.2 Å². The topological polar surface area (TPSA) is 27.1 Å². The Labute approximate surface area is 151 Å². The minimum absolute atomic E-state index is 0.504. The van der Waals surface area contributed by atoms with Crippen LogP contribution in [0.25, 0.3) is 23.1 Å². The predicted molar refractivity (Wildman–Crippen MR) is 109 cm³/mol. The first kappa shape index (κ1) is 17.6. The van der Waals surface area contributed by atoms with Gasteiger partial charge >= 0.3 is 0 Å². The van der Waals surface area contributed by atoms with E-state index < -0.39 is 8.07 Å². The van der Waals surface area contributed by atoms with E-state index in [2.05, 4.69) is 62.1 Å². The summed E-state index contributed by atoms with van der Waals surface area (Å²) in [4.78, 5) is 0. The monoisotopic (exact) mass is 350 g/mol. The number of nitrogens with zero attached hydrogens (tertiary/aromatic N) is 2. The van der Waals surface area contributed by atoms with E-state index in [0.29, 0.717) is 6.73 Å². The maximum Gasteiger partial charge on any atom is 0.140 e. The molecule has 0 unspecified atom stereocenters. The van der Waals surface area contributed by atoms with Gasteiger partial charge in [-0.2, -0.15) is 5.10 Å². The number of hydrogen-bond donors (Lipinski definition) is 0. The molecule has 0 saturated carbocycles. The van der Waals surface area contributed by atoms with Crippen LogP contribution in [-0.4, -0.2) is 24.5 Å². The third-order valence-corrected chi connectivity index (χ3v) is 5.83. The third-order valence-electron chi connectivity index (χ3n) is 4.13. The highest BCUT2D eigenvalue weighted by Gasteiger charge is 2.13. The lowest BCUT2D eigenvalue weighted by Crippen LogP contribution is -2.22. The van der Waals surface area contributed by atoms with Gasteiger partial charge in [0.2, 0.25) is 0 Å². The second kappa shape index (κ2) is 7.81. The SMILES string of the molecule is C[Si](C)(C)CCOCn1nc(C=Cc2ccccc2)c2ccccc21. The van der Waals surface area contributed by atoms with Crippen LogP contribution in [0.2, 0.25) is 25.7 Å². The number of benzene rings is 2. The van der Waals surface area contributed by atoms with E-state index in [9.17, 15) is 0 Å². The summed E-state index contributed by atoms with van der Waals surface area (Å²) >= 11 is 0. The van der Waals surface area contributed by atoms with Crippen molar-refractivity contribution in [2.24, 2.45) is 0 Å². The summed E-state index contributed by atoms with van der Waals surface area (Å²) in [5.74, 6) is 0. The molecule has 0 aliphatic heterocycles. The van der Waals surface area contributed by atoms with Gasteiger partial charge in [0.1, 0.15) is 6.73 Å². The lowest BCUT2D eigenvalue weighted by Gasteiger charge is -2.15. The smallest absolute Gasteiger partial charge is 0.140 e. The average molecular weight is 351 g/mol. The summed E-state index contributed by atoms with van der Waals surface area (Å²) in [5.41, 5.74) is 3.27. The molecule has 0 radical (unpaired) electrons. The fraction of sp³-hybridized carbons (Fsp3) is 0.286. The molecule has 1 aromatic heterocycles. The molecule has 3 nitrogen and oxygen atoms in total. The first-order valence-corrected chi connectivity index (χ1v) is 12.5. The Kier molecular flexibility index (Phi) is 5.51. The summed E-state index contributed by atoms with van der Waals surface area (Å²) in [6.45, 7) is 8.41. The van der Waals surface area contributed by atoms with Gasteiger partial charge in [-0.05, 0) is 23.7 Å². The second-order valence-corrected chi connectivity index (χ2v) is 13.1. The van der Waals surface area contributed by atoms with Gasteiger partial charge in [0.05, 0.1) is 11.2 Å². The molecule has 130 valence electrons.